The van der Waals surface area contributed by atoms with Crippen LogP contribution in [-0.2, 0) is 23.8 Å². The molecule has 10 nitrogen and oxygen atoms in total. The number of esters is 1. The van der Waals surface area contributed by atoms with Gasteiger partial charge in [0.05, 0.1) is 6.61 Å². The number of rotatable bonds is 23. The average molecular weight is 1200 g/mol. The van der Waals surface area contributed by atoms with Crippen molar-refractivity contribution in [2.24, 2.45) is 92.7 Å². The smallest absolute Gasteiger partial charge is 0.410 e. The van der Waals surface area contributed by atoms with E-state index in [1.807, 2.05) is 58.3 Å². The zero-order valence-corrected chi connectivity index (χ0v) is 58.4. The zero-order valence-electron chi connectivity index (χ0n) is 58.4. The van der Waals surface area contributed by atoms with Gasteiger partial charge in [-0.2, -0.15) is 0 Å². The Balaban J connectivity index is 0.000000246. The Kier molecular flexibility index (Phi) is 24.2. The Labute approximate surface area is 526 Å². The molecule has 8 unspecified atom stereocenters. The van der Waals surface area contributed by atoms with E-state index < -0.39 is 17.2 Å². The minimum Gasteiger partial charge on any atom is -0.481 e. The van der Waals surface area contributed by atoms with E-state index in [0.717, 1.165) is 122 Å². The van der Waals surface area contributed by atoms with E-state index in [0.29, 0.717) is 49.8 Å². The van der Waals surface area contributed by atoms with Crippen LogP contribution in [0, 0.1) is 92.7 Å². The van der Waals surface area contributed by atoms with E-state index in [9.17, 15) is 19.2 Å². The van der Waals surface area contributed by atoms with E-state index >= 15 is 0 Å². The maximum atomic E-state index is 13.5. The van der Waals surface area contributed by atoms with Crippen molar-refractivity contribution in [2.45, 2.75) is 321 Å². The van der Waals surface area contributed by atoms with Gasteiger partial charge in [-0.3, -0.25) is 9.59 Å². The number of carboxylic acid groups (broad SMARTS) is 1. The number of carbonyl (C=O) groups excluding carboxylic acids is 3. The quantitative estimate of drug-likeness (QED) is 0.0464. The maximum Gasteiger partial charge on any atom is 0.410 e. The SMILES string of the molecule is CC(C)CCCC(C)[C@H]1CCC2C3CC=C4C[C@@H](N(CCCCC(=O)O)C(=O)OC(C)(C)C)CC[C@]4(C)C3CC[C@@]21C.CCOC(=O)CCCCN(C(=O)OC(C)(C)C)[C@H]1CC[C@@]2(C)C(=CCC3C2CC[C@@]2(C)C3CC[C@@H]2C(C)CCCC(C)C)C1. The van der Waals surface area contributed by atoms with Gasteiger partial charge in [-0.1, -0.05) is 131 Å². The van der Waals surface area contributed by atoms with Crippen LogP contribution in [0.5, 0.6) is 0 Å². The van der Waals surface area contributed by atoms with Gasteiger partial charge >= 0.3 is 24.1 Å². The first-order valence-electron chi connectivity index (χ1n) is 36.1. The minimum absolute atomic E-state index is 0.136. The number of hydrogen-bond acceptors (Lipinski definition) is 7. The highest BCUT2D eigenvalue weighted by Crippen LogP contribution is 2.69. The molecule has 0 aliphatic heterocycles. The van der Waals surface area contributed by atoms with Crippen molar-refractivity contribution in [3.63, 3.8) is 0 Å². The normalized spacial score (nSPS) is 34.5. The summed E-state index contributed by atoms with van der Waals surface area (Å²) >= 11 is 0. The van der Waals surface area contributed by atoms with Crippen LogP contribution in [0.25, 0.3) is 0 Å². The van der Waals surface area contributed by atoms with Gasteiger partial charge in [0.1, 0.15) is 11.2 Å². The number of ether oxygens (including phenoxy) is 3. The average Bonchev–Trinajstić information content (AvgIpc) is 1.34. The molecule has 0 aromatic heterocycles. The lowest BCUT2D eigenvalue weighted by atomic mass is 9.46. The van der Waals surface area contributed by atoms with Crippen molar-refractivity contribution in [1.82, 2.24) is 9.80 Å². The molecule has 1 N–H and O–H groups in total. The number of unbranched alkanes of at least 4 members (excludes halogenated alkanes) is 2. The van der Waals surface area contributed by atoms with E-state index in [2.05, 4.69) is 81.4 Å². The lowest BCUT2D eigenvalue weighted by molar-refractivity contribution is -0.143. The number of aliphatic carboxylic acids is 1. The van der Waals surface area contributed by atoms with Crippen LogP contribution in [0.15, 0.2) is 23.3 Å². The Bertz CT molecular complexity index is 2310. The number of allylic oxidation sites excluding steroid dienone is 2. The van der Waals surface area contributed by atoms with Crippen LogP contribution >= 0.6 is 0 Å². The summed E-state index contributed by atoms with van der Waals surface area (Å²) < 4.78 is 16.9. The second kappa shape index (κ2) is 29.5. The Morgan fingerprint density at radius 3 is 1.31 bits per heavy atom. The molecular formula is C76H130N2O8. The molecule has 2 amide bonds. The van der Waals surface area contributed by atoms with Crippen LogP contribution in [-0.4, -0.2) is 82.0 Å². The summed E-state index contributed by atoms with van der Waals surface area (Å²) in [6, 6.07) is 0.302. The summed E-state index contributed by atoms with van der Waals surface area (Å²) in [6.07, 6.45) is 36.3. The molecule has 492 valence electrons. The molecule has 16 atom stereocenters. The number of amides is 2. The summed E-state index contributed by atoms with van der Waals surface area (Å²) in [7, 11) is 0. The fraction of sp³-hybridized carbons (Fsp3) is 0.895. The number of carboxylic acids is 1. The second-order valence-electron chi connectivity index (χ2n) is 33.8. The van der Waals surface area contributed by atoms with Crippen molar-refractivity contribution in [3.05, 3.63) is 23.3 Å². The summed E-state index contributed by atoms with van der Waals surface area (Å²) in [5, 5.41) is 9.10. The molecule has 0 radical (unpaired) electrons. The molecule has 10 heteroatoms. The number of nitrogens with zero attached hydrogens (tertiary/aromatic N) is 2. The monoisotopic (exact) mass is 1200 g/mol. The summed E-state index contributed by atoms with van der Waals surface area (Å²) in [5.74, 6) is 9.04. The predicted octanol–water partition coefficient (Wildman–Crippen LogP) is 20.3. The Morgan fingerprint density at radius 2 is 0.942 bits per heavy atom. The van der Waals surface area contributed by atoms with Gasteiger partial charge in [0, 0.05) is 38.0 Å². The molecule has 0 bridgehead atoms. The van der Waals surface area contributed by atoms with Crippen LogP contribution in [0.3, 0.4) is 0 Å². The van der Waals surface area contributed by atoms with Crippen molar-refractivity contribution in [2.75, 3.05) is 19.7 Å². The fourth-order valence-electron chi connectivity index (χ4n) is 20.7. The highest BCUT2D eigenvalue weighted by molar-refractivity contribution is 5.70. The van der Waals surface area contributed by atoms with Crippen LogP contribution in [0.2, 0.25) is 0 Å². The van der Waals surface area contributed by atoms with Gasteiger partial charge in [-0.05, 0) is 270 Å². The molecule has 8 rings (SSSR count). The number of hydrogen-bond donors (Lipinski definition) is 1. The highest BCUT2D eigenvalue weighted by Gasteiger charge is 2.61. The number of carbonyl (C=O) groups is 4. The topological polar surface area (TPSA) is 123 Å². The Morgan fingerprint density at radius 1 is 0.535 bits per heavy atom. The van der Waals surface area contributed by atoms with Gasteiger partial charge in [-0.25, -0.2) is 9.59 Å². The second-order valence-corrected chi connectivity index (χ2v) is 33.8. The first-order valence-corrected chi connectivity index (χ1v) is 36.1. The largest absolute Gasteiger partial charge is 0.481 e. The van der Waals surface area contributed by atoms with E-state index in [4.69, 9.17) is 19.3 Å². The molecule has 0 heterocycles. The van der Waals surface area contributed by atoms with Crippen LogP contribution in [0.4, 0.5) is 9.59 Å². The molecule has 8 aliphatic carbocycles. The molecule has 0 saturated heterocycles. The van der Waals surface area contributed by atoms with Crippen molar-refractivity contribution in [1.29, 1.82) is 0 Å². The van der Waals surface area contributed by atoms with E-state index in [1.165, 1.54) is 103 Å². The third-order valence-electron chi connectivity index (χ3n) is 25.1. The molecule has 6 fully saturated rings. The third kappa shape index (κ3) is 16.7. The first kappa shape index (κ1) is 70.4. The summed E-state index contributed by atoms with van der Waals surface area (Å²) in [4.78, 5) is 53.8. The first-order chi connectivity index (χ1) is 40.3. The molecule has 8 aliphatic rings. The van der Waals surface area contributed by atoms with Gasteiger partial charge in [0.15, 0.2) is 0 Å². The standard InChI is InChI=1S/C39H67NO4.C37H63NO4/c1-10-43-35(41)16-11-12-25-40(36(42)44-37(5,6)7)30-21-23-38(8)29(26-30)17-18-31-33-20-19-32(28(4)15-13-14-27(2)3)39(33,9)24-22-34(31)38;1-25(2)12-11-13-26(3)30-17-18-31-29-16-15-27-24-28(19-21-36(27,7)32(29)20-22-37(30,31)8)38(23-10-9-14-33(39)40)34(41)42-35(4,5)6/h17,27-28,30-34H,10-16,18-26H2,1-9H3;15,25-26,28-32H,9-14,16-24H2,1-8H3,(H,39,40)/t28?,30-,31?,32+,33?,34?,38-,39+;26?,28-,29?,30+,31?,32?,36-,37+/m00/s1. The lowest BCUT2D eigenvalue weighted by Gasteiger charge is -2.59. The molecule has 0 aromatic carbocycles. The molecule has 6 saturated carbocycles. The maximum absolute atomic E-state index is 13.5. The fourth-order valence-corrected chi connectivity index (χ4v) is 20.7. The zero-order chi connectivity index (χ0) is 63.2. The van der Waals surface area contributed by atoms with Gasteiger partial charge < -0.3 is 29.1 Å². The van der Waals surface area contributed by atoms with Gasteiger partial charge in [0.2, 0.25) is 0 Å². The van der Waals surface area contributed by atoms with Gasteiger partial charge in [0.25, 0.3) is 0 Å². The van der Waals surface area contributed by atoms with Crippen LogP contribution in [0.1, 0.15) is 297 Å². The summed E-state index contributed by atoms with van der Waals surface area (Å²) in [5.41, 5.74) is 3.62. The van der Waals surface area contributed by atoms with Crippen LogP contribution < -0.4 is 0 Å². The molecule has 0 aromatic rings. The lowest BCUT2D eigenvalue weighted by Crippen LogP contribution is -2.53. The molecular weight excluding hydrogens is 1070 g/mol. The minimum atomic E-state index is -0.771. The van der Waals surface area contributed by atoms with Crippen molar-refractivity contribution in [3.8, 4) is 0 Å². The van der Waals surface area contributed by atoms with Crippen molar-refractivity contribution < 1.29 is 38.5 Å². The number of fused-ring (bicyclic) bond motifs is 10. The van der Waals surface area contributed by atoms with E-state index in [1.54, 1.807) is 11.1 Å². The Hall–Kier alpha value is -3.04. The molecule has 86 heavy (non-hydrogen) atoms. The highest BCUT2D eigenvalue weighted by atomic mass is 16.6. The van der Waals surface area contributed by atoms with Gasteiger partial charge in [-0.15, -0.1) is 0 Å². The third-order valence-corrected chi connectivity index (χ3v) is 25.1. The van der Waals surface area contributed by atoms with E-state index in [-0.39, 0.29) is 47.5 Å². The molecule has 0 spiro atoms. The summed E-state index contributed by atoms with van der Waals surface area (Å²) in [6.45, 7) is 40.1. The predicted molar refractivity (Wildman–Crippen MR) is 352 cm³/mol. The van der Waals surface area contributed by atoms with Crippen molar-refractivity contribution >= 4 is 24.1 Å².